The minimum atomic E-state index is -0.715. The van der Waals surface area contributed by atoms with Gasteiger partial charge in [0.2, 0.25) is 0 Å². The number of nitrogens with one attached hydrogen (secondary N) is 4. The van der Waals surface area contributed by atoms with Gasteiger partial charge in [0.05, 0.1) is 44.4 Å². The molecule has 16 heteroatoms. The standard InChI is InChI=1S/2C20H30O2.2C11H10BrN5/c2*1-2-3-4-5-6-7-8-9-10-11-12-13-14-15-16-17-18-19-20(21)22;2*12-9-7(17-11-15-5-6-16-11)1-2-8-10(9)14-4-3-13-8/h2*3-4,6-7,9-10,12-13,15-16H,2,5,8,11,14,17-19H2,1H3,(H,21,22);2*1-4H,5-6H2,(H2,15,16,17)/b2*4-3-,7-6-,10-9-,13-12-,16-15-;;. The Hall–Kier alpha value is -7.04. The first-order valence-electron chi connectivity index (χ1n) is 27.1. The number of anilines is 2. The number of rotatable bonds is 28. The third kappa shape index (κ3) is 31.2. The lowest BCUT2D eigenvalue weighted by atomic mass is 10.2. The van der Waals surface area contributed by atoms with Crippen molar-refractivity contribution in [3.8, 4) is 0 Å². The molecule has 4 heterocycles. The van der Waals surface area contributed by atoms with E-state index in [1.807, 2.05) is 24.3 Å². The van der Waals surface area contributed by atoms with Crippen molar-refractivity contribution in [1.29, 1.82) is 0 Å². The highest BCUT2D eigenvalue weighted by Gasteiger charge is 2.12. The third-order valence-electron chi connectivity index (χ3n) is 10.9. The van der Waals surface area contributed by atoms with E-state index in [4.69, 9.17) is 10.2 Å². The molecular weight excluding hydrogens is 1110 g/mol. The first kappa shape index (κ1) is 65.2. The van der Waals surface area contributed by atoms with Crippen molar-refractivity contribution in [2.24, 2.45) is 9.98 Å². The molecule has 0 atom stereocenters. The number of hydrogen-bond acceptors (Lipinski definition) is 12. The van der Waals surface area contributed by atoms with Gasteiger partial charge >= 0.3 is 11.9 Å². The number of halogens is 2. The number of guanidine groups is 2. The molecule has 0 saturated carbocycles. The molecule has 0 spiro atoms. The van der Waals surface area contributed by atoms with Crippen LogP contribution in [0.3, 0.4) is 0 Å². The number of aromatic nitrogens is 4. The Morgan fingerprint density at radius 3 is 1.08 bits per heavy atom. The van der Waals surface area contributed by atoms with Crippen LogP contribution < -0.4 is 21.3 Å². The lowest BCUT2D eigenvalue weighted by Gasteiger charge is -2.09. The van der Waals surface area contributed by atoms with Crippen LogP contribution in [0.1, 0.15) is 117 Å². The van der Waals surface area contributed by atoms with Gasteiger partial charge in [-0.25, -0.2) is 0 Å². The predicted octanol–water partition coefficient (Wildman–Crippen LogP) is 15.5. The summed E-state index contributed by atoms with van der Waals surface area (Å²) in [6, 6.07) is 7.79. The fraction of sp³-hybridized carbons (Fsp3) is 0.355. The zero-order valence-corrected chi connectivity index (χ0v) is 48.6. The minimum Gasteiger partial charge on any atom is -0.481 e. The Morgan fingerprint density at radius 2 is 0.782 bits per heavy atom. The van der Waals surface area contributed by atoms with Crippen LogP contribution in [0.2, 0.25) is 0 Å². The van der Waals surface area contributed by atoms with Crippen molar-refractivity contribution in [3.05, 3.63) is 180 Å². The molecule has 4 aromatic rings. The molecule has 0 radical (unpaired) electrons. The van der Waals surface area contributed by atoms with Gasteiger partial charge in [0.1, 0.15) is 11.0 Å². The average Bonchev–Trinajstić information content (AvgIpc) is 4.20. The molecular formula is C62H80Br2N10O4. The molecule has 2 aliphatic heterocycles. The second kappa shape index (κ2) is 44.0. The molecule has 416 valence electrons. The van der Waals surface area contributed by atoms with E-state index in [0.29, 0.717) is 0 Å². The first-order chi connectivity index (χ1) is 38.2. The highest BCUT2D eigenvalue weighted by atomic mass is 79.9. The van der Waals surface area contributed by atoms with Gasteiger partial charge in [0.25, 0.3) is 0 Å². The monoisotopic (exact) mass is 1190 g/mol. The SMILES string of the molecule is Brc1c(NC2=NCCN2)ccc2nccnc12.Brc1c(NC2=NCCN2)ccc2nccnc12.CC/C=C\C/C=C\C/C=C\C/C=C\C/C=C\CCCC(=O)O.CC/C=C\C/C=C\C/C=C\C/C=C\C/C=C\CCCC(=O)O. The van der Waals surface area contributed by atoms with Gasteiger partial charge in [0, 0.05) is 50.7 Å². The van der Waals surface area contributed by atoms with Gasteiger partial charge in [-0.2, -0.15) is 0 Å². The van der Waals surface area contributed by atoms with Crippen molar-refractivity contribution in [1.82, 2.24) is 30.6 Å². The molecule has 6 rings (SSSR count). The number of allylic oxidation sites excluding steroid dienone is 20. The summed E-state index contributed by atoms with van der Waals surface area (Å²) >= 11 is 7.08. The van der Waals surface area contributed by atoms with Crippen molar-refractivity contribution in [2.45, 2.75) is 117 Å². The highest BCUT2D eigenvalue weighted by Crippen LogP contribution is 2.30. The quantitative estimate of drug-likeness (QED) is 0.0233. The topological polar surface area (TPSA) is 199 Å². The van der Waals surface area contributed by atoms with Gasteiger partial charge in [-0.15, -0.1) is 0 Å². The van der Waals surface area contributed by atoms with Gasteiger partial charge < -0.3 is 31.5 Å². The summed E-state index contributed by atoms with van der Waals surface area (Å²) in [6.45, 7) is 7.68. The zero-order chi connectivity index (χ0) is 55.9. The number of aliphatic carboxylic acids is 2. The Kier molecular flexibility index (Phi) is 36.8. The molecule has 6 N–H and O–H groups in total. The molecule has 2 aromatic heterocycles. The van der Waals surface area contributed by atoms with E-state index >= 15 is 0 Å². The fourth-order valence-electron chi connectivity index (χ4n) is 6.90. The molecule has 14 nitrogen and oxygen atoms in total. The van der Waals surface area contributed by atoms with Crippen molar-refractivity contribution >= 4 is 89.2 Å². The number of hydrogen-bond donors (Lipinski definition) is 6. The summed E-state index contributed by atoms with van der Waals surface area (Å²) in [5, 5.41) is 29.8. The number of carbonyl (C=O) groups is 2. The summed E-state index contributed by atoms with van der Waals surface area (Å²) in [4.78, 5) is 46.3. The Morgan fingerprint density at radius 1 is 0.474 bits per heavy atom. The van der Waals surface area contributed by atoms with Gasteiger partial charge in [0.15, 0.2) is 11.9 Å². The van der Waals surface area contributed by atoms with E-state index in [1.54, 1.807) is 24.8 Å². The lowest BCUT2D eigenvalue weighted by molar-refractivity contribution is -0.138. The summed E-state index contributed by atoms with van der Waals surface area (Å²) in [6.07, 6.45) is 63.6. The van der Waals surface area contributed by atoms with E-state index in [9.17, 15) is 9.59 Å². The van der Waals surface area contributed by atoms with Crippen LogP contribution in [0.25, 0.3) is 22.1 Å². The normalized spacial score (nSPS) is 13.5. The smallest absolute Gasteiger partial charge is 0.303 e. The number of benzene rings is 2. The van der Waals surface area contributed by atoms with E-state index < -0.39 is 11.9 Å². The maximum atomic E-state index is 10.3. The zero-order valence-electron chi connectivity index (χ0n) is 45.5. The molecule has 2 aliphatic rings. The summed E-state index contributed by atoms with van der Waals surface area (Å²) in [5.41, 5.74) is 5.29. The Balaban J connectivity index is 0.000000275. The first-order valence-corrected chi connectivity index (χ1v) is 28.6. The maximum absolute atomic E-state index is 10.3. The Bertz CT molecular complexity index is 2550. The third-order valence-corrected chi connectivity index (χ3v) is 12.5. The number of unbranched alkanes of at least 4 members (excludes halogenated alkanes) is 2. The number of carboxylic acids is 2. The number of nitrogens with zero attached hydrogens (tertiary/aromatic N) is 6. The molecule has 0 unspecified atom stereocenters. The van der Waals surface area contributed by atoms with E-state index in [0.717, 1.165) is 170 Å². The average molecular weight is 1190 g/mol. The van der Waals surface area contributed by atoms with Crippen LogP contribution in [0, 0.1) is 0 Å². The number of fused-ring (bicyclic) bond motifs is 2. The second-order valence-corrected chi connectivity index (χ2v) is 18.8. The van der Waals surface area contributed by atoms with Crippen LogP contribution in [0.5, 0.6) is 0 Å². The van der Waals surface area contributed by atoms with E-state index in [-0.39, 0.29) is 12.8 Å². The van der Waals surface area contributed by atoms with Crippen LogP contribution in [0.15, 0.2) is 190 Å². The van der Waals surface area contributed by atoms with E-state index in [2.05, 4.69) is 218 Å². The Labute approximate surface area is 479 Å². The summed E-state index contributed by atoms with van der Waals surface area (Å²) in [7, 11) is 0. The molecule has 0 amide bonds. The van der Waals surface area contributed by atoms with Crippen LogP contribution in [-0.4, -0.2) is 80.2 Å². The van der Waals surface area contributed by atoms with Crippen LogP contribution >= 0.6 is 31.9 Å². The highest BCUT2D eigenvalue weighted by molar-refractivity contribution is 9.11. The van der Waals surface area contributed by atoms with Gasteiger partial charge in [-0.1, -0.05) is 135 Å². The van der Waals surface area contributed by atoms with E-state index in [1.165, 1.54) is 0 Å². The van der Waals surface area contributed by atoms with Crippen LogP contribution in [-0.2, 0) is 9.59 Å². The van der Waals surface area contributed by atoms with Crippen molar-refractivity contribution in [2.75, 3.05) is 36.8 Å². The van der Waals surface area contributed by atoms with Crippen LogP contribution in [0.4, 0.5) is 11.4 Å². The molecule has 78 heavy (non-hydrogen) atoms. The second-order valence-electron chi connectivity index (χ2n) is 17.3. The molecule has 0 aliphatic carbocycles. The molecule has 0 fully saturated rings. The number of carboxylic acid groups (broad SMARTS) is 2. The van der Waals surface area contributed by atoms with Gasteiger partial charge in [-0.05, 0) is 146 Å². The van der Waals surface area contributed by atoms with Crippen molar-refractivity contribution in [3.63, 3.8) is 0 Å². The predicted molar refractivity (Wildman–Crippen MR) is 334 cm³/mol. The summed E-state index contributed by atoms with van der Waals surface area (Å²) in [5.74, 6) is 0.169. The van der Waals surface area contributed by atoms with Crippen molar-refractivity contribution < 1.29 is 19.8 Å². The molecule has 0 saturated heterocycles. The fourth-order valence-corrected chi connectivity index (χ4v) is 7.97. The summed E-state index contributed by atoms with van der Waals surface area (Å²) < 4.78 is 1.80. The lowest BCUT2D eigenvalue weighted by Crippen LogP contribution is -2.26. The van der Waals surface area contributed by atoms with Gasteiger partial charge in [-0.3, -0.25) is 39.5 Å². The number of aliphatic imine (C=N–C) groups is 2. The largest absolute Gasteiger partial charge is 0.481 e. The maximum Gasteiger partial charge on any atom is 0.303 e. The minimum absolute atomic E-state index is 0.258. The molecule has 2 aromatic carbocycles. The molecule has 0 bridgehead atoms.